The molecule has 0 fully saturated rings. The molecule has 3 aromatic rings. The maximum Gasteiger partial charge on any atom is 0.279 e. The Balaban J connectivity index is 1.71. The van der Waals surface area contributed by atoms with Gasteiger partial charge in [-0.1, -0.05) is 53.7 Å². The molecule has 148 valence electrons. The molecule has 1 aliphatic rings. The van der Waals surface area contributed by atoms with Crippen LogP contribution in [-0.4, -0.2) is 20.6 Å². The molecular weight excluding hydrogens is 386 g/mol. The first-order chi connectivity index (χ1) is 13.9. The van der Waals surface area contributed by atoms with E-state index in [0.717, 1.165) is 11.1 Å². The van der Waals surface area contributed by atoms with E-state index in [1.54, 1.807) is 29.8 Å². The van der Waals surface area contributed by atoms with Crippen LogP contribution in [0.3, 0.4) is 0 Å². The second kappa shape index (κ2) is 7.75. The van der Waals surface area contributed by atoms with Crippen molar-refractivity contribution in [3.63, 3.8) is 0 Å². The van der Waals surface area contributed by atoms with E-state index in [1.807, 2.05) is 13.0 Å². The summed E-state index contributed by atoms with van der Waals surface area (Å²) in [6.07, 6.45) is 0.142. The average Bonchev–Trinajstić information content (AvgIpc) is 2.70. The van der Waals surface area contributed by atoms with E-state index < -0.39 is 5.92 Å². The van der Waals surface area contributed by atoms with Gasteiger partial charge in [-0.3, -0.25) is 9.59 Å². The molecular formula is C22H21N3O3S. The summed E-state index contributed by atoms with van der Waals surface area (Å²) >= 11 is 1.45. The van der Waals surface area contributed by atoms with E-state index in [4.69, 9.17) is 0 Å². The van der Waals surface area contributed by atoms with Crippen molar-refractivity contribution < 1.29 is 9.90 Å². The molecule has 1 aliphatic heterocycles. The fourth-order valence-electron chi connectivity index (χ4n) is 3.52. The molecule has 4 rings (SSSR count). The number of benzene rings is 2. The number of hydrogen-bond acceptors (Lipinski definition) is 5. The van der Waals surface area contributed by atoms with Crippen LogP contribution in [-0.2, 0) is 17.6 Å². The Morgan fingerprint density at radius 1 is 1.21 bits per heavy atom. The summed E-state index contributed by atoms with van der Waals surface area (Å²) in [5.74, 6) is 0.643. The summed E-state index contributed by atoms with van der Waals surface area (Å²) in [6, 6.07) is 14.9. The van der Waals surface area contributed by atoms with E-state index >= 15 is 0 Å². The van der Waals surface area contributed by atoms with Crippen molar-refractivity contribution >= 4 is 23.5 Å². The molecule has 0 aliphatic carbocycles. The lowest BCUT2D eigenvalue weighted by atomic mass is 9.86. The van der Waals surface area contributed by atoms with Crippen LogP contribution in [0.4, 0.5) is 5.82 Å². The zero-order valence-electron chi connectivity index (χ0n) is 16.2. The zero-order valence-corrected chi connectivity index (χ0v) is 17.0. The SMILES string of the molecule is Cc1ccc(CSc2nc(=O)c3c(n2C)NC(=O)CC3c2cccc(O)c2)cc1. The van der Waals surface area contributed by atoms with Crippen LogP contribution in [0.25, 0.3) is 0 Å². The average molecular weight is 407 g/mol. The molecule has 1 amide bonds. The standard InChI is InChI=1S/C22H21N3O3S/c1-13-6-8-14(9-7-13)12-29-22-24-21(28)19-17(15-4-3-5-16(26)10-15)11-18(27)23-20(19)25(22)2/h3-10,17,26H,11-12H2,1-2H3,(H,23,27). The molecule has 2 heterocycles. The number of amides is 1. The van der Waals surface area contributed by atoms with Crippen LogP contribution in [0.5, 0.6) is 5.75 Å². The molecule has 7 heteroatoms. The number of aromatic hydroxyl groups is 1. The fraction of sp³-hybridized carbons (Fsp3) is 0.227. The maximum absolute atomic E-state index is 12.9. The number of phenolic OH excluding ortho intramolecular Hbond substituents is 1. The lowest BCUT2D eigenvalue weighted by Gasteiger charge is -2.27. The normalized spacial score (nSPS) is 15.7. The van der Waals surface area contributed by atoms with Crippen molar-refractivity contribution in [2.45, 2.75) is 30.2 Å². The van der Waals surface area contributed by atoms with Crippen LogP contribution in [0.15, 0.2) is 58.5 Å². The third-order valence-corrected chi connectivity index (χ3v) is 6.16. The quantitative estimate of drug-likeness (QED) is 0.510. The number of phenols is 1. The van der Waals surface area contributed by atoms with Gasteiger partial charge in [0.2, 0.25) is 5.91 Å². The van der Waals surface area contributed by atoms with Gasteiger partial charge in [-0.2, -0.15) is 4.98 Å². The first kappa shape index (κ1) is 19.3. The Morgan fingerprint density at radius 2 is 1.97 bits per heavy atom. The Labute approximate surface area is 172 Å². The van der Waals surface area contributed by atoms with Gasteiger partial charge < -0.3 is 15.0 Å². The summed E-state index contributed by atoms with van der Waals surface area (Å²) in [5, 5.41) is 13.2. The van der Waals surface area contributed by atoms with Crippen LogP contribution >= 0.6 is 11.8 Å². The molecule has 0 radical (unpaired) electrons. The topological polar surface area (TPSA) is 84.2 Å². The van der Waals surface area contributed by atoms with Gasteiger partial charge in [0.25, 0.3) is 5.56 Å². The fourth-order valence-corrected chi connectivity index (χ4v) is 4.44. The summed E-state index contributed by atoms with van der Waals surface area (Å²) in [7, 11) is 1.80. The number of aromatic nitrogens is 2. The molecule has 1 unspecified atom stereocenters. The Hall–Kier alpha value is -3.06. The molecule has 0 spiro atoms. The number of aryl methyl sites for hydroxylation is 1. The monoisotopic (exact) mass is 407 g/mol. The van der Waals surface area contributed by atoms with Gasteiger partial charge >= 0.3 is 0 Å². The van der Waals surface area contributed by atoms with Crippen molar-refractivity contribution in [3.05, 3.63) is 81.1 Å². The largest absolute Gasteiger partial charge is 0.508 e. The number of carbonyl (C=O) groups excluding carboxylic acids is 1. The molecule has 6 nitrogen and oxygen atoms in total. The minimum absolute atomic E-state index is 0.102. The van der Waals surface area contributed by atoms with E-state index in [1.165, 1.54) is 17.3 Å². The Morgan fingerprint density at radius 3 is 2.69 bits per heavy atom. The van der Waals surface area contributed by atoms with Gasteiger partial charge in [-0.05, 0) is 30.2 Å². The lowest BCUT2D eigenvalue weighted by Crippen LogP contribution is -2.33. The van der Waals surface area contributed by atoms with Gasteiger partial charge in [-0.25, -0.2) is 0 Å². The van der Waals surface area contributed by atoms with Gasteiger partial charge in [0.15, 0.2) is 5.16 Å². The number of fused-ring (bicyclic) bond motifs is 1. The lowest BCUT2D eigenvalue weighted by molar-refractivity contribution is -0.116. The zero-order chi connectivity index (χ0) is 20.5. The number of rotatable bonds is 4. The van der Waals surface area contributed by atoms with Crippen molar-refractivity contribution in [1.82, 2.24) is 9.55 Å². The van der Waals surface area contributed by atoms with Crippen molar-refractivity contribution in [2.24, 2.45) is 7.05 Å². The van der Waals surface area contributed by atoms with E-state index in [0.29, 0.717) is 22.3 Å². The highest BCUT2D eigenvalue weighted by Gasteiger charge is 2.32. The second-order valence-corrected chi connectivity index (χ2v) is 8.14. The third kappa shape index (κ3) is 3.91. The summed E-state index contributed by atoms with van der Waals surface area (Å²) < 4.78 is 1.77. The maximum atomic E-state index is 12.9. The number of carbonyl (C=O) groups is 1. The molecule has 1 atom stereocenters. The molecule has 29 heavy (non-hydrogen) atoms. The number of anilines is 1. The predicted octanol–water partition coefficient (Wildman–Crippen LogP) is 3.56. The Bertz CT molecular complexity index is 1140. The smallest absolute Gasteiger partial charge is 0.279 e. The highest BCUT2D eigenvalue weighted by Crippen LogP contribution is 2.36. The van der Waals surface area contributed by atoms with Crippen molar-refractivity contribution in [3.8, 4) is 5.75 Å². The number of nitrogens with one attached hydrogen (secondary N) is 1. The molecule has 2 aromatic carbocycles. The van der Waals surface area contributed by atoms with E-state index in [2.05, 4.69) is 34.6 Å². The van der Waals surface area contributed by atoms with E-state index in [9.17, 15) is 14.7 Å². The van der Waals surface area contributed by atoms with E-state index in [-0.39, 0.29) is 23.6 Å². The molecule has 0 saturated carbocycles. The highest BCUT2D eigenvalue weighted by atomic mass is 32.2. The van der Waals surface area contributed by atoms with Crippen molar-refractivity contribution in [2.75, 3.05) is 5.32 Å². The third-order valence-electron chi connectivity index (χ3n) is 5.06. The first-order valence-corrected chi connectivity index (χ1v) is 10.3. The van der Waals surface area contributed by atoms with Crippen LogP contribution in [0, 0.1) is 6.92 Å². The van der Waals surface area contributed by atoms with Crippen molar-refractivity contribution in [1.29, 1.82) is 0 Å². The number of hydrogen-bond donors (Lipinski definition) is 2. The summed E-state index contributed by atoms with van der Waals surface area (Å²) in [6.45, 7) is 2.04. The minimum Gasteiger partial charge on any atom is -0.508 e. The van der Waals surface area contributed by atoms with Gasteiger partial charge in [0.1, 0.15) is 11.6 Å². The highest BCUT2D eigenvalue weighted by molar-refractivity contribution is 7.98. The van der Waals surface area contributed by atoms with Crippen LogP contribution in [0.2, 0.25) is 0 Å². The number of nitrogens with zero attached hydrogens (tertiary/aromatic N) is 2. The minimum atomic E-state index is -0.437. The van der Waals surface area contributed by atoms with Gasteiger partial charge in [0.05, 0.1) is 5.56 Å². The molecule has 1 aromatic heterocycles. The second-order valence-electron chi connectivity index (χ2n) is 7.19. The number of thioether (sulfide) groups is 1. The molecule has 0 bridgehead atoms. The van der Waals surface area contributed by atoms with Gasteiger partial charge in [-0.15, -0.1) is 0 Å². The van der Waals surface area contributed by atoms with Crippen LogP contribution < -0.4 is 10.9 Å². The van der Waals surface area contributed by atoms with Gasteiger partial charge in [0, 0.05) is 25.1 Å². The summed E-state index contributed by atoms with van der Waals surface area (Å²) in [4.78, 5) is 29.6. The molecule has 2 N–H and O–H groups in total. The van der Waals surface area contributed by atoms with Crippen LogP contribution in [0.1, 0.15) is 34.6 Å². The Kier molecular flexibility index (Phi) is 5.15. The summed E-state index contributed by atoms with van der Waals surface area (Å²) in [5.41, 5.74) is 3.16. The molecule has 0 saturated heterocycles. The first-order valence-electron chi connectivity index (χ1n) is 9.30. The predicted molar refractivity (Wildman–Crippen MR) is 113 cm³/mol.